The molecule has 0 spiro atoms. The van der Waals surface area contributed by atoms with Crippen LogP contribution in [0.2, 0.25) is 0 Å². The van der Waals surface area contributed by atoms with Gasteiger partial charge in [0.25, 0.3) is 5.91 Å². The summed E-state index contributed by atoms with van der Waals surface area (Å²) >= 11 is 0. The molecule has 1 amide bonds. The molecule has 1 aromatic rings. The quantitative estimate of drug-likeness (QED) is 0.617. The summed E-state index contributed by atoms with van der Waals surface area (Å²) in [4.78, 5) is 16.8. The summed E-state index contributed by atoms with van der Waals surface area (Å²) in [6.45, 7) is 4.62. The number of hydrogen-bond acceptors (Lipinski definition) is 4. The van der Waals surface area contributed by atoms with Crippen molar-refractivity contribution in [2.24, 2.45) is 16.0 Å². The molecule has 0 aliphatic carbocycles. The minimum Gasteiger partial charge on any atom is -0.383 e. The topological polar surface area (TPSA) is 54.3 Å². The molecule has 0 aromatic heterocycles. The van der Waals surface area contributed by atoms with E-state index in [1.54, 1.807) is 14.0 Å². The predicted molar refractivity (Wildman–Crippen MR) is 80.3 cm³/mol. The lowest BCUT2D eigenvalue weighted by atomic mass is 9.99. The Bertz CT molecular complexity index is 581. The van der Waals surface area contributed by atoms with E-state index in [0.29, 0.717) is 30.3 Å². The van der Waals surface area contributed by atoms with E-state index >= 15 is 0 Å². The number of amides is 1. The Hall–Kier alpha value is -2.08. The van der Waals surface area contributed by atoms with Crippen LogP contribution in [0.25, 0.3) is 0 Å². The van der Waals surface area contributed by atoms with E-state index in [1.165, 1.54) is 29.3 Å². The molecule has 0 radical (unpaired) electrons. The van der Waals surface area contributed by atoms with Crippen LogP contribution >= 0.6 is 0 Å². The van der Waals surface area contributed by atoms with Crippen LogP contribution in [0.1, 0.15) is 13.8 Å². The Morgan fingerprint density at radius 2 is 2.10 bits per heavy atom. The van der Waals surface area contributed by atoms with Gasteiger partial charge in [-0.25, -0.2) is 4.39 Å². The number of nitrogens with zero attached hydrogens (tertiary/aromatic N) is 3. The Balaban J connectivity index is 2.18. The number of hydrogen-bond donors (Lipinski definition) is 0. The third-order valence-corrected chi connectivity index (χ3v) is 3.28. The molecule has 2 rings (SSSR count). The molecule has 0 unspecified atom stereocenters. The molecule has 6 heteroatoms. The molecule has 0 saturated heterocycles. The maximum absolute atomic E-state index is 13.0. The monoisotopic (exact) mass is 291 g/mol. The van der Waals surface area contributed by atoms with Crippen LogP contribution in [0.5, 0.6) is 0 Å². The zero-order valence-electron chi connectivity index (χ0n) is 12.3. The maximum Gasteiger partial charge on any atom is 0.261 e. The first-order valence-corrected chi connectivity index (χ1v) is 6.69. The van der Waals surface area contributed by atoms with Gasteiger partial charge in [-0.3, -0.25) is 9.79 Å². The zero-order valence-corrected chi connectivity index (χ0v) is 12.3. The fourth-order valence-corrected chi connectivity index (χ4v) is 2.22. The average molecular weight is 291 g/mol. The number of hydrazone groups is 1. The van der Waals surface area contributed by atoms with E-state index in [-0.39, 0.29) is 11.7 Å². The second-order valence-corrected chi connectivity index (χ2v) is 4.82. The van der Waals surface area contributed by atoms with Crippen molar-refractivity contribution >= 4 is 23.0 Å². The van der Waals surface area contributed by atoms with Gasteiger partial charge < -0.3 is 4.74 Å². The molecule has 112 valence electrons. The largest absolute Gasteiger partial charge is 0.383 e. The Labute approximate surface area is 123 Å². The van der Waals surface area contributed by atoms with E-state index < -0.39 is 5.92 Å². The molecular formula is C15H18FN3O2. The first-order valence-electron chi connectivity index (χ1n) is 6.69. The van der Waals surface area contributed by atoms with Gasteiger partial charge in [0.1, 0.15) is 11.7 Å². The number of aliphatic imine (C=N–C) groups is 1. The van der Waals surface area contributed by atoms with Crippen LogP contribution in [0.15, 0.2) is 34.4 Å². The van der Waals surface area contributed by atoms with Crippen LogP contribution in [-0.4, -0.2) is 37.6 Å². The molecular weight excluding hydrogens is 273 g/mol. The van der Waals surface area contributed by atoms with E-state index in [9.17, 15) is 9.18 Å². The van der Waals surface area contributed by atoms with Gasteiger partial charge in [-0.05, 0) is 38.1 Å². The van der Waals surface area contributed by atoms with Crippen LogP contribution < -0.4 is 5.01 Å². The molecule has 1 atom stereocenters. The van der Waals surface area contributed by atoms with Gasteiger partial charge in [0.2, 0.25) is 0 Å². The lowest BCUT2D eigenvalue weighted by molar-refractivity contribution is -0.118. The summed E-state index contributed by atoms with van der Waals surface area (Å²) in [6, 6.07) is 5.67. The molecule has 0 saturated carbocycles. The third kappa shape index (κ3) is 3.33. The molecule has 1 aromatic carbocycles. The molecule has 0 bridgehead atoms. The number of carbonyl (C=O) groups is 1. The van der Waals surface area contributed by atoms with Gasteiger partial charge in [-0.15, -0.1) is 0 Å². The summed E-state index contributed by atoms with van der Waals surface area (Å²) in [5.41, 5.74) is 1.94. The van der Waals surface area contributed by atoms with Crippen LogP contribution in [-0.2, 0) is 9.53 Å². The van der Waals surface area contributed by atoms with Crippen molar-refractivity contribution in [1.82, 2.24) is 0 Å². The minimum absolute atomic E-state index is 0.169. The standard InChI is InChI=1S/C15H18FN3O2/c1-10(17-8-9-21-3)14-11(2)18-19(15(14)20)13-6-4-12(16)5-7-13/h4-7,14H,8-9H2,1-3H3/t14-/m1/s1. The number of anilines is 1. The first kappa shape index (κ1) is 15.3. The van der Waals surface area contributed by atoms with Crippen molar-refractivity contribution in [3.8, 4) is 0 Å². The molecule has 1 aliphatic rings. The number of halogens is 1. The predicted octanol–water partition coefficient (Wildman–Crippen LogP) is 2.27. The fraction of sp³-hybridized carbons (Fsp3) is 0.400. The highest BCUT2D eigenvalue weighted by atomic mass is 19.1. The number of ether oxygens (including phenoxy) is 1. The minimum atomic E-state index is -0.452. The molecule has 21 heavy (non-hydrogen) atoms. The van der Waals surface area contributed by atoms with Crippen LogP contribution in [0.4, 0.5) is 10.1 Å². The summed E-state index contributed by atoms with van der Waals surface area (Å²) in [5, 5.41) is 5.57. The van der Waals surface area contributed by atoms with E-state index in [0.717, 1.165) is 0 Å². The van der Waals surface area contributed by atoms with Crippen molar-refractivity contribution in [2.45, 2.75) is 13.8 Å². The fourth-order valence-electron chi connectivity index (χ4n) is 2.22. The smallest absolute Gasteiger partial charge is 0.261 e. The number of rotatable bonds is 5. The van der Waals surface area contributed by atoms with Crippen LogP contribution in [0.3, 0.4) is 0 Å². The average Bonchev–Trinajstić information content (AvgIpc) is 2.75. The molecule has 1 aliphatic heterocycles. The first-order chi connectivity index (χ1) is 10.0. The summed E-state index contributed by atoms with van der Waals surface area (Å²) in [5.74, 6) is -0.968. The third-order valence-electron chi connectivity index (χ3n) is 3.28. The molecule has 1 heterocycles. The van der Waals surface area contributed by atoms with Gasteiger partial charge >= 0.3 is 0 Å². The van der Waals surface area contributed by atoms with Gasteiger partial charge in [0.15, 0.2) is 0 Å². The second-order valence-electron chi connectivity index (χ2n) is 4.82. The van der Waals surface area contributed by atoms with E-state index in [2.05, 4.69) is 10.1 Å². The lowest BCUT2D eigenvalue weighted by Gasteiger charge is -2.14. The van der Waals surface area contributed by atoms with E-state index in [1.807, 2.05) is 6.92 Å². The molecule has 0 fully saturated rings. The van der Waals surface area contributed by atoms with Crippen LogP contribution in [0, 0.1) is 11.7 Å². The Morgan fingerprint density at radius 1 is 1.43 bits per heavy atom. The van der Waals surface area contributed by atoms with Gasteiger partial charge in [-0.2, -0.15) is 10.1 Å². The van der Waals surface area contributed by atoms with Crippen molar-refractivity contribution in [3.63, 3.8) is 0 Å². The summed E-state index contributed by atoms with van der Waals surface area (Å²) < 4.78 is 17.9. The molecule has 5 nitrogen and oxygen atoms in total. The summed E-state index contributed by atoms with van der Waals surface area (Å²) in [7, 11) is 1.61. The lowest BCUT2D eigenvalue weighted by Crippen LogP contribution is -2.31. The Morgan fingerprint density at radius 3 is 2.71 bits per heavy atom. The van der Waals surface area contributed by atoms with Crippen molar-refractivity contribution in [2.75, 3.05) is 25.3 Å². The highest BCUT2D eigenvalue weighted by molar-refractivity contribution is 6.27. The highest BCUT2D eigenvalue weighted by Crippen LogP contribution is 2.25. The van der Waals surface area contributed by atoms with Gasteiger partial charge in [-0.1, -0.05) is 0 Å². The SMILES string of the molecule is COCCN=C(C)[C@H]1C(=O)N(c2ccc(F)cc2)N=C1C. The van der Waals surface area contributed by atoms with E-state index in [4.69, 9.17) is 4.74 Å². The van der Waals surface area contributed by atoms with Gasteiger partial charge in [0, 0.05) is 12.8 Å². The van der Waals surface area contributed by atoms with Crippen molar-refractivity contribution < 1.29 is 13.9 Å². The summed E-state index contributed by atoms with van der Waals surface area (Å²) in [6.07, 6.45) is 0. The maximum atomic E-state index is 13.0. The van der Waals surface area contributed by atoms with Gasteiger partial charge in [0.05, 0.1) is 24.6 Å². The normalized spacial score (nSPS) is 19.1. The number of methoxy groups -OCH3 is 1. The number of benzene rings is 1. The van der Waals surface area contributed by atoms with Crippen molar-refractivity contribution in [3.05, 3.63) is 30.1 Å². The van der Waals surface area contributed by atoms with Crippen molar-refractivity contribution in [1.29, 1.82) is 0 Å². The Kier molecular flexibility index (Phi) is 4.80. The highest BCUT2D eigenvalue weighted by Gasteiger charge is 2.36. The zero-order chi connectivity index (χ0) is 15.4. The second kappa shape index (κ2) is 6.58. The number of carbonyl (C=O) groups excluding carboxylic acids is 1. The molecule has 0 N–H and O–H groups in total.